The maximum atomic E-state index is 5.57. The van der Waals surface area contributed by atoms with E-state index in [2.05, 4.69) is 91.8 Å². The molecule has 146 valence electrons. The van der Waals surface area contributed by atoms with Gasteiger partial charge in [-0.1, -0.05) is 60.7 Å². The van der Waals surface area contributed by atoms with Crippen LogP contribution in [0, 0.1) is 0 Å². The first-order valence-electron chi connectivity index (χ1n) is 9.64. The summed E-state index contributed by atoms with van der Waals surface area (Å²) in [7, 11) is 7.46. The van der Waals surface area contributed by atoms with Gasteiger partial charge in [0.2, 0.25) is 0 Å². The third kappa shape index (κ3) is 3.52. The number of hydrogen-bond acceptors (Lipinski definition) is 3. The highest BCUT2D eigenvalue weighted by atomic mass is 16.5. The van der Waals surface area contributed by atoms with Crippen LogP contribution in [0.15, 0.2) is 78.9 Å². The molecule has 3 heteroatoms. The zero-order valence-corrected chi connectivity index (χ0v) is 17.3. The number of nitrogens with zero attached hydrogens (tertiary/aromatic N) is 1. The van der Waals surface area contributed by atoms with Crippen LogP contribution in [0.5, 0.6) is 11.5 Å². The molecule has 0 aromatic heterocycles. The Morgan fingerprint density at radius 1 is 0.586 bits per heavy atom. The molecule has 0 aliphatic carbocycles. The number of hydrogen-bond donors (Lipinski definition) is 0. The van der Waals surface area contributed by atoms with E-state index in [1.165, 1.54) is 22.3 Å². The smallest absolute Gasteiger partial charge is 0.161 e. The molecule has 0 amide bonds. The fourth-order valence-electron chi connectivity index (χ4n) is 3.77. The lowest BCUT2D eigenvalue weighted by Gasteiger charge is -2.19. The predicted octanol–water partition coefficient (Wildman–Crippen LogP) is 6.26. The van der Waals surface area contributed by atoms with Crippen molar-refractivity contribution in [3.8, 4) is 33.8 Å². The minimum atomic E-state index is 0.734. The van der Waals surface area contributed by atoms with Gasteiger partial charge in [-0.2, -0.15) is 0 Å². The van der Waals surface area contributed by atoms with Gasteiger partial charge in [0, 0.05) is 25.2 Å². The second-order valence-corrected chi connectivity index (χ2v) is 7.22. The van der Waals surface area contributed by atoms with Crippen molar-refractivity contribution in [1.29, 1.82) is 0 Å². The predicted molar refractivity (Wildman–Crippen MR) is 122 cm³/mol. The van der Waals surface area contributed by atoms with E-state index in [9.17, 15) is 0 Å². The van der Waals surface area contributed by atoms with E-state index in [1.807, 2.05) is 6.07 Å². The highest BCUT2D eigenvalue weighted by Gasteiger charge is 2.14. The Labute approximate surface area is 172 Å². The van der Waals surface area contributed by atoms with Crippen LogP contribution in [0.2, 0.25) is 0 Å². The van der Waals surface area contributed by atoms with E-state index in [0.29, 0.717) is 0 Å². The van der Waals surface area contributed by atoms with E-state index in [0.717, 1.165) is 28.0 Å². The summed E-state index contributed by atoms with van der Waals surface area (Å²) in [5, 5.41) is 2.28. The summed E-state index contributed by atoms with van der Waals surface area (Å²) in [4.78, 5) is 2.12. The Balaban J connectivity index is 1.88. The average Bonchev–Trinajstić information content (AvgIpc) is 2.77. The maximum Gasteiger partial charge on any atom is 0.161 e. The minimum absolute atomic E-state index is 0.734. The molecule has 4 rings (SSSR count). The number of rotatable bonds is 5. The van der Waals surface area contributed by atoms with Crippen molar-refractivity contribution in [2.45, 2.75) is 0 Å². The van der Waals surface area contributed by atoms with Crippen LogP contribution < -0.4 is 14.4 Å². The van der Waals surface area contributed by atoms with E-state index in [-0.39, 0.29) is 0 Å². The van der Waals surface area contributed by atoms with Crippen molar-refractivity contribution >= 4 is 16.5 Å². The normalized spacial score (nSPS) is 10.8. The van der Waals surface area contributed by atoms with Gasteiger partial charge in [0.05, 0.1) is 14.2 Å². The topological polar surface area (TPSA) is 21.7 Å². The van der Waals surface area contributed by atoms with E-state index >= 15 is 0 Å². The highest BCUT2D eigenvalue weighted by Crippen LogP contribution is 2.41. The molecule has 0 heterocycles. The lowest BCUT2D eigenvalue weighted by atomic mass is 9.94. The van der Waals surface area contributed by atoms with Crippen molar-refractivity contribution < 1.29 is 9.47 Å². The first-order valence-corrected chi connectivity index (χ1v) is 9.64. The van der Waals surface area contributed by atoms with Crippen LogP contribution in [0.4, 0.5) is 5.69 Å². The van der Waals surface area contributed by atoms with Crippen LogP contribution >= 0.6 is 0 Å². The lowest BCUT2D eigenvalue weighted by Crippen LogP contribution is -2.09. The van der Waals surface area contributed by atoms with Crippen molar-refractivity contribution in [3.05, 3.63) is 78.9 Å². The van der Waals surface area contributed by atoms with Crippen molar-refractivity contribution in [1.82, 2.24) is 0 Å². The molecule has 0 spiro atoms. The molecule has 0 bridgehead atoms. The van der Waals surface area contributed by atoms with Crippen molar-refractivity contribution in [3.63, 3.8) is 0 Å². The molecule has 3 nitrogen and oxygen atoms in total. The molecule has 0 aliphatic rings. The number of methoxy groups -OCH3 is 2. The first-order chi connectivity index (χ1) is 14.1. The molecule has 29 heavy (non-hydrogen) atoms. The lowest BCUT2D eigenvalue weighted by molar-refractivity contribution is 0.356. The third-order valence-electron chi connectivity index (χ3n) is 5.28. The number of benzene rings is 4. The van der Waals surface area contributed by atoms with Gasteiger partial charge in [-0.3, -0.25) is 0 Å². The summed E-state index contributed by atoms with van der Waals surface area (Å²) in [5.74, 6) is 1.47. The Morgan fingerprint density at radius 2 is 1.14 bits per heavy atom. The van der Waals surface area contributed by atoms with Crippen LogP contribution in [-0.2, 0) is 0 Å². The molecule has 0 N–H and O–H groups in total. The Morgan fingerprint density at radius 3 is 1.72 bits per heavy atom. The SMILES string of the molecule is COc1cc2c(-c3ccc(-c4ccccc4)cc3)ccc(N(C)C)c2cc1OC. The Hall–Kier alpha value is -3.46. The standard InChI is InChI=1S/C26H25NO2/c1-27(2)24-15-14-21(22-16-25(28-3)26(29-4)17-23(22)24)20-12-10-19(11-13-20)18-8-6-5-7-9-18/h5-17H,1-4H3. The molecule has 0 unspecified atom stereocenters. The van der Waals surface area contributed by atoms with Crippen LogP contribution in [0.1, 0.15) is 0 Å². The van der Waals surface area contributed by atoms with Gasteiger partial charge in [-0.05, 0) is 45.8 Å². The van der Waals surface area contributed by atoms with Crippen LogP contribution in [0.25, 0.3) is 33.0 Å². The quantitative estimate of drug-likeness (QED) is 0.406. The van der Waals surface area contributed by atoms with Gasteiger partial charge < -0.3 is 14.4 Å². The van der Waals surface area contributed by atoms with E-state index in [4.69, 9.17) is 9.47 Å². The Kier molecular flexibility index (Phi) is 5.13. The Bertz CT molecular complexity index is 1130. The maximum absolute atomic E-state index is 5.57. The van der Waals surface area contributed by atoms with Gasteiger partial charge in [0.15, 0.2) is 11.5 Å². The van der Waals surface area contributed by atoms with Crippen molar-refractivity contribution in [2.24, 2.45) is 0 Å². The van der Waals surface area contributed by atoms with Gasteiger partial charge in [-0.25, -0.2) is 0 Å². The zero-order valence-electron chi connectivity index (χ0n) is 17.3. The summed E-state index contributed by atoms with van der Waals surface area (Å²) >= 11 is 0. The number of ether oxygens (including phenoxy) is 2. The van der Waals surface area contributed by atoms with E-state index < -0.39 is 0 Å². The molecule has 0 aliphatic heterocycles. The fourth-order valence-corrected chi connectivity index (χ4v) is 3.77. The molecule has 0 fully saturated rings. The molecule has 0 atom stereocenters. The van der Waals surface area contributed by atoms with Crippen LogP contribution in [0.3, 0.4) is 0 Å². The summed E-state index contributed by atoms with van der Waals surface area (Å²) in [6.07, 6.45) is 0. The summed E-state index contributed by atoms with van der Waals surface area (Å²) in [6, 6.07) is 27.6. The second kappa shape index (κ2) is 7.88. The van der Waals surface area contributed by atoms with Crippen molar-refractivity contribution in [2.75, 3.05) is 33.2 Å². The molecule has 0 saturated heterocycles. The van der Waals surface area contributed by atoms with Gasteiger partial charge in [-0.15, -0.1) is 0 Å². The number of fused-ring (bicyclic) bond motifs is 1. The average molecular weight is 383 g/mol. The number of anilines is 1. The molecule has 0 radical (unpaired) electrons. The summed E-state index contributed by atoms with van der Waals surface area (Å²) < 4.78 is 11.1. The van der Waals surface area contributed by atoms with E-state index in [1.54, 1.807) is 14.2 Å². The third-order valence-corrected chi connectivity index (χ3v) is 5.28. The molecule has 0 saturated carbocycles. The first kappa shape index (κ1) is 18.9. The molecule has 4 aromatic carbocycles. The monoisotopic (exact) mass is 383 g/mol. The van der Waals surface area contributed by atoms with Gasteiger partial charge in [0.25, 0.3) is 0 Å². The largest absolute Gasteiger partial charge is 0.493 e. The fraction of sp³-hybridized carbons (Fsp3) is 0.154. The molecular formula is C26H25NO2. The zero-order chi connectivity index (χ0) is 20.4. The minimum Gasteiger partial charge on any atom is -0.493 e. The molecule has 4 aromatic rings. The summed E-state index contributed by atoms with van der Waals surface area (Å²) in [5.41, 5.74) is 5.92. The van der Waals surface area contributed by atoms with Crippen LogP contribution in [-0.4, -0.2) is 28.3 Å². The highest BCUT2D eigenvalue weighted by molar-refractivity contribution is 6.05. The van der Waals surface area contributed by atoms with Gasteiger partial charge in [0.1, 0.15) is 0 Å². The summed E-state index contributed by atoms with van der Waals surface area (Å²) in [6.45, 7) is 0. The van der Waals surface area contributed by atoms with Gasteiger partial charge >= 0.3 is 0 Å². The second-order valence-electron chi connectivity index (χ2n) is 7.22. The molecular weight excluding hydrogens is 358 g/mol.